The molecule has 144 valence electrons. The fraction of sp³-hybridized carbons (Fsp3) is 0.773. The second kappa shape index (κ2) is 20.9. The second-order valence-electron chi connectivity index (χ2n) is 6.33. The van der Waals surface area contributed by atoms with Gasteiger partial charge in [0.1, 0.15) is 0 Å². The molecular weight excluding hydrogens is 310 g/mol. The third kappa shape index (κ3) is 19.1. The van der Waals surface area contributed by atoms with Gasteiger partial charge in [-0.05, 0) is 70.6 Å². The lowest BCUT2D eigenvalue weighted by atomic mass is 10.2. The molecule has 0 saturated heterocycles. The van der Waals surface area contributed by atoms with Gasteiger partial charge in [0.2, 0.25) is 0 Å². The van der Waals surface area contributed by atoms with Crippen molar-refractivity contribution in [1.29, 1.82) is 5.26 Å². The molecule has 0 heterocycles. The largest absolute Gasteiger partial charge is 0.353 e. The number of hydrogen-bond donors (Lipinski definition) is 0. The van der Waals surface area contributed by atoms with E-state index < -0.39 is 0 Å². The highest BCUT2D eigenvalue weighted by atomic mass is 16.7. The van der Waals surface area contributed by atoms with Gasteiger partial charge in [-0.25, -0.2) is 0 Å². The summed E-state index contributed by atoms with van der Waals surface area (Å²) in [6, 6.07) is 2.20. The Morgan fingerprint density at radius 3 is 1.80 bits per heavy atom. The van der Waals surface area contributed by atoms with Crippen molar-refractivity contribution in [2.45, 2.75) is 97.2 Å². The van der Waals surface area contributed by atoms with Crippen LogP contribution in [0.3, 0.4) is 0 Å². The Kier molecular flexibility index (Phi) is 20.0. The molecule has 0 fully saturated rings. The van der Waals surface area contributed by atoms with Gasteiger partial charge in [-0.2, -0.15) is 5.26 Å². The monoisotopic (exact) mass is 349 g/mol. The molecule has 0 aliphatic rings. The van der Waals surface area contributed by atoms with E-state index in [2.05, 4.69) is 44.2 Å². The number of nitriles is 1. The van der Waals surface area contributed by atoms with Crippen LogP contribution in [0.4, 0.5) is 0 Å². The molecule has 3 nitrogen and oxygen atoms in total. The lowest BCUT2D eigenvalue weighted by Gasteiger charge is -2.18. The first-order chi connectivity index (χ1) is 12.3. The summed E-state index contributed by atoms with van der Waals surface area (Å²) in [7, 11) is 0. The molecule has 0 amide bonds. The van der Waals surface area contributed by atoms with E-state index in [9.17, 15) is 0 Å². The molecule has 0 aliphatic carbocycles. The van der Waals surface area contributed by atoms with Crippen molar-refractivity contribution in [3.63, 3.8) is 0 Å². The lowest BCUT2D eigenvalue weighted by Crippen LogP contribution is -2.19. The highest BCUT2D eigenvalue weighted by Crippen LogP contribution is 2.11. The number of allylic oxidation sites excluding steroid dienone is 4. The van der Waals surface area contributed by atoms with Crippen LogP contribution in [0.1, 0.15) is 90.9 Å². The first-order valence-electron chi connectivity index (χ1n) is 10.2. The van der Waals surface area contributed by atoms with Crippen molar-refractivity contribution < 1.29 is 9.47 Å². The predicted molar refractivity (Wildman–Crippen MR) is 106 cm³/mol. The summed E-state index contributed by atoms with van der Waals surface area (Å²) in [5, 5.41) is 8.63. The van der Waals surface area contributed by atoms with E-state index in [4.69, 9.17) is 14.7 Å². The molecule has 0 aromatic rings. The SMILES string of the molecule is CC/C=C\CCCCOC(CCCCC#N)OCCCC/C=C\CC. The van der Waals surface area contributed by atoms with Crippen molar-refractivity contribution in [2.24, 2.45) is 0 Å². The van der Waals surface area contributed by atoms with Gasteiger partial charge < -0.3 is 9.47 Å². The minimum atomic E-state index is -0.101. The van der Waals surface area contributed by atoms with E-state index in [-0.39, 0.29) is 6.29 Å². The van der Waals surface area contributed by atoms with E-state index in [0.717, 1.165) is 71.0 Å². The van der Waals surface area contributed by atoms with Gasteiger partial charge in [0, 0.05) is 19.6 Å². The summed E-state index contributed by atoms with van der Waals surface area (Å²) >= 11 is 0. The van der Waals surface area contributed by atoms with Gasteiger partial charge in [0.15, 0.2) is 6.29 Å². The van der Waals surface area contributed by atoms with Crippen molar-refractivity contribution in [3.05, 3.63) is 24.3 Å². The molecule has 0 aromatic carbocycles. The van der Waals surface area contributed by atoms with Crippen LogP contribution in [0.2, 0.25) is 0 Å². The van der Waals surface area contributed by atoms with E-state index >= 15 is 0 Å². The van der Waals surface area contributed by atoms with Crippen LogP contribution in [0, 0.1) is 11.3 Å². The highest BCUT2D eigenvalue weighted by Gasteiger charge is 2.09. The molecule has 0 unspecified atom stereocenters. The Morgan fingerprint density at radius 2 is 1.32 bits per heavy atom. The first kappa shape index (κ1) is 23.9. The van der Waals surface area contributed by atoms with Gasteiger partial charge in [-0.1, -0.05) is 38.2 Å². The molecule has 0 aliphatic heterocycles. The van der Waals surface area contributed by atoms with Crippen molar-refractivity contribution in [3.8, 4) is 6.07 Å². The molecule has 0 bridgehead atoms. The zero-order valence-electron chi connectivity index (χ0n) is 16.5. The van der Waals surface area contributed by atoms with Crippen LogP contribution in [-0.2, 0) is 9.47 Å². The fourth-order valence-electron chi connectivity index (χ4n) is 2.46. The van der Waals surface area contributed by atoms with Crippen LogP contribution < -0.4 is 0 Å². The summed E-state index contributed by atoms with van der Waals surface area (Å²) < 4.78 is 11.9. The average molecular weight is 350 g/mol. The molecule has 0 saturated carbocycles. The van der Waals surface area contributed by atoms with Gasteiger partial charge in [0.25, 0.3) is 0 Å². The topological polar surface area (TPSA) is 42.2 Å². The average Bonchev–Trinajstić information content (AvgIpc) is 2.63. The maximum absolute atomic E-state index is 8.63. The zero-order chi connectivity index (χ0) is 18.4. The Balaban J connectivity index is 3.83. The standard InChI is InChI=1S/C22H39NO2/c1-3-5-7-9-11-16-20-24-22(18-14-13-15-19-23)25-21-17-12-10-8-6-4-2/h5-8,22H,3-4,9-18,20-21H2,1-2H3/b7-5-,8-6-. The summed E-state index contributed by atoms with van der Waals surface area (Å²) in [5.41, 5.74) is 0. The number of ether oxygens (including phenoxy) is 2. The van der Waals surface area contributed by atoms with Crippen LogP contribution >= 0.6 is 0 Å². The Hall–Kier alpha value is -1.11. The summed E-state index contributed by atoms with van der Waals surface area (Å²) in [4.78, 5) is 0. The van der Waals surface area contributed by atoms with Crippen molar-refractivity contribution in [1.82, 2.24) is 0 Å². The summed E-state index contributed by atoms with van der Waals surface area (Å²) in [5.74, 6) is 0. The number of hydrogen-bond acceptors (Lipinski definition) is 3. The van der Waals surface area contributed by atoms with Crippen LogP contribution in [-0.4, -0.2) is 19.5 Å². The van der Waals surface area contributed by atoms with Crippen molar-refractivity contribution in [2.75, 3.05) is 13.2 Å². The molecule has 0 radical (unpaired) electrons. The van der Waals surface area contributed by atoms with Crippen molar-refractivity contribution >= 4 is 0 Å². The van der Waals surface area contributed by atoms with E-state index in [1.165, 1.54) is 12.8 Å². The number of nitrogens with zero attached hydrogens (tertiary/aromatic N) is 1. The zero-order valence-corrected chi connectivity index (χ0v) is 16.5. The minimum Gasteiger partial charge on any atom is -0.353 e. The second-order valence-corrected chi connectivity index (χ2v) is 6.33. The summed E-state index contributed by atoms with van der Waals surface area (Å²) in [6.07, 6.45) is 21.3. The number of rotatable bonds is 18. The molecule has 0 spiro atoms. The molecule has 0 aromatic heterocycles. The Labute approximate surface area is 156 Å². The number of unbranched alkanes of at least 4 members (excludes halogenated alkanes) is 6. The smallest absolute Gasteiger partial charge is 0.157 e. The molecular formula is C22H39NO2. The first-order valence-corrected chi connectivity index (χ1v) is 10.2. The molecule has 0 rings (SSSR count). The molecule has 25 heavy (non-hydrogen) atoms. The highest BCUT2D eigenvalue weighted by molar-refractivity contribution is 4.80. The predicted octanol–water partition coefficient (Wildman–Crippen LogP) is 6.70. The Bertz CT molecular complexity index is 334. The lowest BCUT2D eigenvalue weighted by molar-refractivity contribution is -0.147. The fourth-order valence-corrected chi connectivity index (χ4v) is 2.46. The maximum atomic E-state index is 8.63. The third-order valence-corrected chi connectivity index (χ3v) is 3.92. The van der Waals surface area contributed by atoms with Gasteiger partial charge in [-0.15, -0.1) is 0 Å². The van der Waals surface area contributed by atoms with E-state index in [1.807, 2.05) is 0 Å². The van der Waals surface area contributed by atoms with Crippen LogP contribution in [0.25, 0.3) is 0 Å². The molecule has 0 N–H and O–H groups in total. The quantitative estimate of drug-likeness (QED) is 0.157. The van der Waals surface area contributed by atoms with Gasteiger partial charge in [0.05, 0.1) is 6.07 Å². The normalized spacial score (nSPS) is 11.8. The third-order valence-electron chi connectivity index (χ3n) is 3.92. The Morgan fingerprint density at radius 1 is 0.760 bits per heavy atom. The van der Waals surface area contributed by atoms with E-state index in [1.54, 1.807) is 0 Å². The maximum Gasteiger partial charge on any atom is 0.157 e. The van der Waals surface area contributed by atoms with Gasteiger partial charge >= 0.3 is 0 Å². The molecule has 0 atom stereocenters. The van der Waals surface area contributed by atoms with Gasteiger partial charge in [-0.3, -0.25) is 0 Å². The van der Waals surface area contributed by atoms with E-state index in [0.29, 0.717) is 6.42 Å². The summed E-state index contributed by atoms with van der Waals surface area (Å²) in [6.45, 7) is 5.85. The molecule has 3 heteroatoms. The minimum absolute atomic E-state index is 0.101. The van der Waals surface area contributed by atoms with Crippen LogP contribution in [0.5, 0.6) is 0 Å². The van der Waals surface area contributed by atoms with Crippen LogP contribution in [0.15, 0.2) is 24.3 Å².